The lowest BCUT2D eigenvalue weighted by Crippen LogP contribution is -2.42. The van der Waals surface area contributed by atoms with Gasteiger partial charge in [0.2, 0.25) is 10.0 Å². The highest BCUT2D eigenvalue weighted by Gasteiger charge is 2.27. The quantitative estimate of drug-likeness (QED) is 0.644. The number of aromatic nitrogens is 2. The lowest BCUT2D eigenvalue weighted by atomic mass is 10.0. The molecule has 3 N–H and O–H groups in total. The maximum Gasteiger partial charge on any atom is 0.257 e. The van der Waals surface area contributed by atoms with Gasteiger partial charge in [0.05, 0.1) is 16.1 Å². The average Bonchev–Trinajstić information content (AvgIpc) is 2.73. The summed E-state index contributed by atoms with van der Waals surface area (Å²) in [6, 6.07) is 10.0. The SMILES string of the molecule is Cc1ccc2c(Nc3ccc(S(N)(=O)=O)cc3)c(C(=O)N3CCCCC3C)cnc2n1. The van der Waals surface area contributed by atoms with Crippen LogP contribution in [0.3, 0.4) is 0 Å². The number of nitrogens with zero attached hydrogens (tertiary/aromatic N) is 3. The van der Waals surface area contributed by atoms with E-state index < -0.39 is 10.0 Å². The maximum atomic E-state index is 13.4. The van der Waals surface area contributed by atoms with Crippen molar-refractivity contribution >= 4 is 38.3 Å². The van der Waals surface area contributed by atoms with E-state index in [4.69, 9.17) is 5.14 Å². The number of amides is 1. The van der Waals surface area contributed by atoms with E-state index in [0.29, 0.717) is 29.1 Å². The van der Waals surface area contributed by atoms with Gasteiger partial charge >= 0.3 is 0 Å². The van der Waals surface area contributed by atoms with Crippen LogP contribution in [0, 0.1) is 6.92 Å². The monoisotopic (exact) mass is 439 g/mol. The van der Waals surface area contributed by atoms with E-state index in [-0.39, 0.29) is 16.8 Å². The first-order chi connectivity index (χ1) is 14.7. The number of aryl methyl sites for hydroxylation is 1. The van der Waals surface area contributed by atoms with Crippen LogP contribution < -0.4 is 10.5 Å². The van der Waals surface area contributed by atoms with Crippen LogP contribution in [0.25, 0.3) is 11.0 Å². The van der Waals surface area contributed by atoms with E-state index in [1.165, 1.54) is 12.1 Å². The van der Waals surface area contributed by atoms with Gasteiger partial charge in [-0.2, -0.15) is 0 Å². The summed E-state index contributed by atoms with van der Waals surface area (Å²) in [5, 5.41) is 9.20. The second kappa shape index (κ2) is 8.24. The van der Waals surface area contributed by atoms with E-state index in [0.717, 1.165) is 30.3 Å². The van der Waals surface area contributed by atoms with Crippen LogP contribution in [0.1, 0.15) is 42.2 Å². The van der Waals surface area contributed by atoms with Crippen molar-refractivity contribution in [3.05, 3.63) is 53.9 Å². The Morgan fingerprint density at radius 3 is 2.58 bits per heavy atom. The van der Waals surface area contributed by atoms with E-state index >= 15 is 0 Å². The van der Waals surface area contributed by atoms with Gasteiger partial charge < -0.3 is 10.2 Å². The molecule has 0 saturated carbocycles. The molecule has 1 aliphatic rings. The molecule has 1 atom stereocenters. The fraction of sp³-hybridized carbons (Fsp3) is 0.318. The summed E-state index contributed by atoms with van der Waals surface area (Å²) >= 11 is 0. The number of pyridine rings is 2. The Hall–Kier alpha value is -3.04. The fourth-order valence-corrected chi connectivity index (χ4v) is 4.41. The molecule has 1 unspecified atom stereocenters. The largest absolute Gasteiger partial charge is 0.354 e. The van der Waals surface area contributed by atoms with E-state index in [1.807, 2.05) is 24.0 Å². The molecule has 1 aliphatic heterocycles. The third-order valence-corrected chi connectivity index (χ3v) is 6.54. The number of benzene rings is 1. The molecule has 31 heavy (non-hydrogen) atoms. The van der Waals surface area contributed by atoms with Crippen LogP contribution in [0.4, 0.5) is 11.4 Å². The van der Waals surface area contributed by atoms with E-state index in [9.17, 15) is 13.2 Å². The van der Waals surface area contributed by atoms with Gasteiger partial charge in [-0.25, -0.2) is 23.5 Å². The Labute approximate surface area is 181 Å². The summed E-state index contributed by atoms with van der Waals surface area (Å²) in [6.07, 6.45) is 4.64. The van der Waals surface area contributed by atoms with Gasteiger partial charge in [-0.1, -0.05) is 0 Å². The number of sulfonamides is 1. The van der Waals surface area contributed by atoms with Crippen molar-refractivity contribution in [2.75, 3.05) is 11.9 Å². The lowest BCUT2D eigenvalue weighted by molar-refractivity contribution is 0.0636. The number of nitrogens with two attached hydrogens (primary N) is 1. The van der Waals surface area contributed by atoms with Crippen molar-refractivity contribution in [3.8, 4) is 0 Å². The van der Waals surface area contributed by atoms with Gasteiger partial charge in [0, 0.05) is 35.6 Å². The second-order valence-electron chi connectivity index (χ2n) is 7.91. The van der Waals surface area contributed by atoms with Gasteiger partial charge in [0.1, 0.15) is 0 Å². The van der Waals surface area contributed by atoms with E-state index in [2.05, 4.69) is 22.2 Å². The molecule has 4 rings (SSSR count). The van der Waals surface area contributed by atoms with E-state index in [1.54, 1.807) is 18.3 Å². The van der Waals surface area contributed by atoms with Crippen molar-refractivity contribution in [2.24, 2.45) is 5.14 Å². The number of hydrogen-bond acceptors (Lipinski definition) is 6. The molecule has 3 heterocycles. The molecule has 0 radical (unpaired) electrons. The maximum absolute atomic E-state index is 13.4. The first-order valence-corrected chi connectivity index (χ1v) is 11.8. The second-order valence-corrected chi connectivity index (χ2v) is 9.47. The van der Waals surface area contributed by atoms with Gasteiger partial charge in [-0.15, -0.1) is 0 Å². The summed E-state index contributed by atoms with van der Waals surface area (Å²) in [6.45, 7) is 4.66. The summed E-state index contributed by atoms with van der Waals surface area (Å²) in [5.41, 5.74) is 3.05. The van der Waals surface area contributed by atoms with Crippen molar-refractivity contribution in [2.45, 2.75) is 44.0 Å². The highest BCUT2D eigenvalue weighted by molar-refractivity contribution is 7.89. The number of nitrogens with one attached hydrogen (secondary N) is 1. The zero-order valence-electron chi connectivity index (χ0n) is 17.5. The Bertz CT molecular complexity index is 1240. The molecular weight excluding hydrogens is 414 g/mol. The zero-order chi connectivity index (χ0) is 22.2. The first kappa shape index (κ1) is 21.2. The normalized spacial score (nSPS) is 17.0. The Morgan fingerprint density at radius 2 is 1.90 bits per heavy atom. The molecule has 0 spiro atoms. The van der Waals surface area contributed by atoms with Gasteiger partial charge in [0.25, 0.3) is 5.91 Å². The van der Waals surface area contributed by atoms with Crippen LogP contribution in [-0.2, 0) is 10.0 Å². The Balaban J connectivity index is 1.79. The third-order valence-electron chi connectivity index (χ3n) is 5.62. The number of carbonyl (C=O) groups excluding carboxylic acids is 1. The number of rotatable bonds is 4. The molecule has 1 aromatic carbocycles. The van der Waals surface area contributed by atoms with Crippen LogP contribution in [0.15, 0.2) is 47.5 Å². The van der Waals surface area contributed by atoms with Crippen molar-refractivity contribution in [1.29, 1.82) is 0 Å². The third kappa shape index (κ3) is 4.38. The number of carbonyl (C=O) groups is 1. The smallest absolute Gasteiger partial charge is 0.257 e. The molecule has 1 amide bonds. The molecule has 8 nitrogen and oxygen atoms in total. The van der Waals surface area contributed by atoms with Crippen LogP contribution >= 0.6 is 0 Å². The number of piperidine rings is 1. The summed E-state index contributed by atoms with van der Waals surface area (Å²) < 4.78 is 23.1. The predicted octanol–water partition coefficient (Wildman–Crippen LogP) is 3.34. The van der Waals surface area contributed by atoms with Crippen molar-refractivity contribution < 1.29 is 13.2 Å². The standard InChI is InChI=1S/C22H25N5O3S/c1-14-6-11-18-20(26-16-7-9-17(10-8-16)31(23,29)30)19(13-24-21(18)25-14)22(28)27-12-4-3-5-15(27)2/h6-11,13,15H,3-5,12H2,1-2H3,(H2,23,29,30)(H,24,25,26). The van der Waals surface area contributed by atoms with Crippen LogP contribution in [0.5, 0.6) is 0 Å². The average molecular weight is 440 g/mol. The molecule has 2 aromatic heterocycles. The molecule has 3 aromatic rings. The fourth-order valence-electron chi connectivity index (χ4n) is 3.90. The van der Waals surface area contributed by atoms with Gasteiger partial charge in [0.15, 0.2) is 5.65 Å². The van der Waals surface area contributed by atoms with Crippen molar-refractivity contribution in [3.63, 3.8) is 0 Å². The Morgan fingerprint density at radius 1 is 1.16 bits per heavy atom. The number of anilines is 2. The van der Waals surface area contributed by atoms with Gasteiger partial charge in [-0.05, 0) is 69.5 Å². The minimum absolute atomic E-state index is 0.0216. The number of hydrogen-bond donors (Lipinski definition) is 2. The molecule has 1 fully saturated rings. The predicted molar refractivity (Wildman–Crippen MR) is 120 cm³/mol. The highest BCUT2D eigenvalue weighted by Crippen LogP contribution is 2.31. The molecule has 1 saturated heterocycles. The zero-order valence-corrected chi connectivity index (χ0v) is 18.3. The minimum Gasteiger partial charge on any atom is -0.354 e. The summed E-state index contributed by atoms with van der Waals surface area (Å²) in [7, 11) is -3.78. The number of primary sulfonamides is 1. The summed E-state index contributed by atoms with van der Waals surface area (Å²) in [4.78, 5) is 24.3. The molecular formula is C22H25N5O3S. The van der Waals surface area contributed by atoms with Crippen LogP contribution in [-0.4, -0.2) is 41.8 Å². The van der Waals surface area contributed by atoms with Crippen LogP contribution in [0.2, 0.25) is 0 Å². The molecule has 162 valence electrons. The van der Waals surface area contributed by atoms with Crippen molar-refractivity contribution in [1.82, 2.24) is 14.9 Å². The lowest BCUT2D eigenvalue weighted by Gasteiger charge is -2.34. The highest BCUT2D eigenvalue weighted by atomic mass is 32.2. The topological polar surface area (TPSA) is 118 Å². The number of likely N-dealkylation sites (tertiary alicyclic amines) is 1. The summed E-state index contributed by atoms with van der Waals surface area (Å²) in [5.74, 6) is -0.0779. The molecule has 0 bridgehead atoms. The first-order valence-electron chi connectivity index (χ1n) is 10.2. The van der Waals surface area contributed by atoms with Gasteiger partial charge in [-0.3, -0.25) is 4.79 Å². The Kier molecular flexibility index (Phi) is 5.63. The molecule has 0 aliphatic carbocycles. The minimum atomic E-state index is -3.78. The number of fused-ring (bicyclic) bond motifs is 1. The molecule has 9 heteroatoms.